The molecule has 154 valence electrons. The molecule has 1 unspecified atom stereocenters. The highest BCUT2D eigenvalue weighted by Crippen LogP contribution is 2.40. The van der Waals surface area contributed by atoms with Crippen LogP contribution in [0.3, 0.4) is 0 Å². The van der Waals surface area contributed by atoms with Crippen molar-refractivity contribution >= 4 is 0 Å². The van der Waals surface area contributed by atoms with Crippen molar-refractivity contribution in [1.29, 1.82) is 0 Å². The van der Waals surface area contributed by atoms with Crippen LogP contribution in [0.2, 0.25) is 0 Å². The fourth-order valence-electron chi connectivity index (χ4n) is 3.99. The molecule has 0 radical (unpaired) electrons. The minimum Gasteiger partial charge on any atom is -0.508 e. The SMILES string of the molecule is CCCc1c(C2(C)C=CC(O)=CC2)nn(-c2ccc(O)cc2)c1-c1ccc(O)cc1. The van der Waals surface area contributed by atoms with E-state index in [4.69, 9.17) is 5.10 Å². The standard InChI is InChI=1S/C25H26N2O3/c1-3-4-22-23(17-5-9-19(28)10-6-17)27(18-7-11-20(29)12-8-18)26-24(22)25(2)15-13-21(30)14-16-25/h5-15,28-30H,3-4,16H2,1-2H3. The van der Waals surface area contributed by atoms with Gasteiger partial charge in [0.05, 0.1) is 17.1 Å². The predicted molar refractivity (Wildman–Crippen MR) is 118 cm³/mol. The zero-order chi connectivity index (χ0) is 21.3. The Labute approximate surface area is 176 Å². The first kappa shape index (κ1) is 19.8. The van der Waals surface area contributed by atoms with Gasteiger partial charge in [-0.3, -0.25) is 0 Å². The van der Waals surface area contributed by atoms with Crippen LogP contribution in [0.4, 0.5) is 0 Å². The van der Waals surface area contributed by atoms with Crippen molar-refractivity contribution in [3.8, 4) is 28.4 Å². The van der Waals surface area contributed by atoms with Gasteiger partial charge in [0.15, 0.2) is 0 Å². The first-order valence-electron chi connectivity index (χ1n) is 10.2. The molecular weight excluding hydrogens is 376 g/mol. The smallest absolute Gasteiger partial charge is 0.115 e. The molecule has 2 aromatic carbocycles. The number of rotatable bonds is 5. The Hall–Kier alpha value is -3.47. The zero-order valence-electron chi connectivity index (χ0n) is 17.2. The summed E-state index contributed by atoms with van der Waals surface area (Å²) in [5, 5.41) is 34.4. The first-order chi connectivity index (χ1) is 14.4. The van der Waals surface area contributed by atoms with Gasteiger partial charge < -0.3 is 15.3 Å². The molecule has 1 aliphatic carbocycles. The van der Waals surface area contributed by atoms with Gasteiger partial charge in [0.1, 0.15) is 17.3 Å². The van der Waals surface area contributed by atoms with Crippen molar-refractivity contribution in [3.05, 3.63) is 83.8 Å². The van der Waals surface area contributed by atoms with E-state index in [0.29, 0.717) is 6.42 Å². The third-order valence-corrected chi connectivity index (χ3v) is 5.62. The first-order valence-corrected chi connectivity index (χ1v) is 10.2. The third-order valence-electron chi connectivity index (χ3n) is 5.62. The second-order valence-corrected chi connectivity index (χ2v) is 7.98. The van der Waals surface area contributed by atoms with Crippen molar-refractivity contribution in [1.82, 2.24) is 9.78 Å². The summed E-state index contributed by atoms with van der Waals surface area (Å²) in [6, 6.07) is 14.2. The van der Waals surface area contributed by atoms with Gasteiger partial charge in [0.25, 0.3) is 0 Å². The molecule has 1 aromatic heterocycles. The summed E-state index contributed by atoms with van der Waals surface area (Å²) < 4.78 is 1.92. The van der Waals surface area contributed by atoms with Gasteiger partial charge in [-0.2, -0.15) is 5.10 Å². The molecule has 5 nitrogen and oxygen atoms in total. The van der Waals surface area contributed by atoms with Crippen LogP contribution in [0.5, 0.6) is 11.5 Å². The van der Waals surface area contributed by atoms with Crippen LogP contribution in [-0.2, 0) is 11.8 Å². The summed E-state index contributed by atoms with van der Waals surface area (Å²) in [4.78, 5) is 0. The number of aliphatic hydroxyl groups is 1. The van der Waals surface area contributed by atoms with E-state index >= 15 is 0 Å². The van der Waals surface area contributed by atoms with Gasteiger partial charge in [-0.25, -0.2) is 4.68 Å². The van der Waals surface area contributed by atoms with E-state index in [9.17, 15) is 15.3 Å². The summed E-state index contributed by atoms with van der Waals surface area (Å²) in [5.41, 5.74) is 4.57. The maximum Gasteiger partial charge on any atom is 0.115 e. The molecule has 1 aliphatic rings. The molecule has 0 aliphatic heterocycles. The molecule has 5 heteroatoms. The predicted octanol–water partition coefficient (Wildman–Crippen LogP) is 5.56. The Balaban J connectivity index is 1.98. The number of benzene rings is 2. The van der Waals surface area contributed by atoms with Gasteiger partial charge in [-0.1, -0.05) is 26.3 Å². The maximum absolute atomic E-state index is 9.83. The van der Waals surface area contributed by atoms with Crippen molar-refractivity contribution in [3.63, 3.8) is 0 Å². The van der Waals surface area contributed by atoms with E-state index in [2.05, 4.69) is 13.8 Å². The number of hydrogen-bond acceptors (Lipinski definition) is 4. The minimum atomic E-state index is -0.343. The summed E-state index contributed by atoms with van der Waals surface area (Å²) in [7, 11) is 0. The Bertz CT molecular complexity index is 1110. The van der Waals surface area contributed by atoms with Crippen LogP contribution in [-0.4, -0.2) is 25.1 Å². The Morgan fingerprint density at radius 3 is 2.17 bits per heavy atom. The Kier molecular flexibility index (Phi) is 5.12. The largest absolute Gasteiger partial charge is 0.508 e. The molecule has 0 spiro atoms. The van der Waals surface area contributed by atoms with Crippen LogP contribution >= 0.6 is 0 Å². The number of phenolic OH excluding ortho intramolecular Hbond substituents is 2. The molecule has 0 bridgehead atoms. The van der Waals surface area contributed by atoms with Crippen molar-refractivity contribution in [2.45, 2.75) is 38.5 Å². The van der Waals surface area contributed by atoms with Crippen LogP contribution in [0.1, 0.15) is 37.9 Å². The quantitative estimate of drug-likeness (QED) is 0.522. The summed E-state index contributed by atoms with van der Waals surface area (Å²) in [6.07, 6.45) is 8.05. The average molecular weight is 402 g/mol. The summed E-state index contributed by atoms with van der Waals surface area (Å²) in [5.74, 6) is 0.699. The minimum absolute atomic E-state index is 0.203. The van der Waals surface area contributed by atoms with E-state index in [1.54, 1.807) is 30.3 Å². The molecule has 4 rings (SSSR count). The topological polar surface area (TPSA) is 78.5 Å². The van der Waals surface area contributed by atoms with E-state index in [1.807, 2.05) is 41.1 Å². The molecule has 1 heterocycles. The molecule has 0 fully saturated rings. The highest BCUT2D eigenvalue weighted by atomic mass is 16.3. The highest BCUT2D eigenvalue weighted by Gasteiger charge is 2.33. The van der Waals surface area contributed by atoms with Crippen LogP contribution in [0, 0.1) is 0 Å². The number of hydrogen-bond donors (Lipinski definition) is 3. The van der Waals surface area contributed by atoms with Crippen LogP contribution < -0.4 is 0 Å². The van der Waals surface area contributed by atoms with Crippen LogP contribution in [0.25, 0.3) is 16.9 Å². The monoisotopic (exact) mass is 402 g/mol. The fourth-order valence-corrected chi connectivity index (χ4v) is 3.99. The van der Waals surface area contributed by atoms with Gasteiger partial charge in [-0.15, -0.1) is 0 Å². The molecule has 0 saturated heterocycles. The maximum atomic E-state index is 9.83. The van der Waals surface area contributed by atoms with Crippen molar-refractivity contribution in [2.75, 3.05) is 0 Å². The number of allylic oxidation sites excluding steroid dienone is 3. The van der Waals surface area contributed by atoms with E-state index in [1.165, 1.54) is 0 Å². The zero-order valence-corrected chi connectivity index (χ0v) is 17.2. The highest BCUT2D eigenvalue weighted by molar-refractivity contribution is 5.69. The average Bonchev–Trinajstić information content (AvgIpc) is 3.12. The number of aromatic hydroxyl groups is 2. The summed E-state index contributed by atoms with van der Waals surface area (Å²) in [6.45, 7) is 4.28. The Morgan fingerprint density at radius 1 is 0.967 bits per heavy atom. The van der Waals surface area contributed by atoms with Crippen LogP contribution in [0.15, 0.2) is 72.5 Å². The number of aliphatic hydroxyl groups excluding tert-OH is 1. The van der Waals surface area contributed by atoms with Gasteiger partial charge >= 0.3 is 0 Å². The summed E-state index contributed by atoms with van der Waals surface area (Å²) >= 11 is 0. The molecule has 3 aromatic rings. The molecule has 1 atom stereocenters. The lowest BCUT2D eigenvalue weighted by Crippen LogP contribution is -2.23. The van der Waals surface area contributed by atoms with E-state index in [0.717, 1.165) is 41.0 Å². The van der Waals surface area contributed by atoms with E-state index < -0.39 is 0 Å². The molecule has 30 heavy (non-hydrogen) atoms. The number of aromatic nitrogens is 2. The lowest BCUT2D eigenvalue weighted by atomic mass is 9.77. The number of phenols is 2. The van der Waals surface area contributed by atoms with E-state index in [-0.39, 0.29) is 22.7 Å². The molecular formula is C25H26N2O3. The lowest BCUT2D eigenvalue weighted by Gasteiger charge is -2.26. The fraction of sp³-hybridized carbons (Fsp3) is 0.240. The second kappa shape index (κ2) is 7.75. The molecule has 0 saturated carbocycles. The second-order valence-electron chi connectivity index (χ2n) is 7.98. The Morgan fingerprint density at radius 2 is 1.60 bits per heavy atom. The third kappa shape index (κ3) is 3.59. The van der Waals surface area contributed by atoms with Gasteiger partial charge in [0, 0.05) is 16.5 Å². The number of nitrogens with zero attached hydrogens (tertiary/aromatic N) is 2. The van der Waals surface area contributed by atoms with Gasteiger partial charge in [0.2, 0.25) is 0 Å². The lowest BCUT2D eigenvalue weighted by molar-refractivity contribution is 0.415. The van der Waals surface area contributed by atoms with Crippen molar-refractivity contribution < 1.29 is 15.3 Å². The van der Waals surface area contributed by atoms with Gasteiger partial charge in [-0.05, 0) is 73.5 Å². The molecule has 3 N–H and O–H groups in total. The van der Waals surface area contributed by atoms with Crippen molar-refractivity contribution in [2.24, 2.45) is 0 Å². The molecule has 0 amide bonds. The normalized spacial score (nSPS) is 18.4.